The molecule has 3 nitrogen and oxygen atoms in total. The Morgan fingerprint density at radius 2 is 1.68 bits per heavy atom. The molecule has 0 bridgehead atoms. The summed E-state index contributed by atoms with van der Waals surface area (Å²) in [6.07, 6.45) is -2.78. The zero-order valence-electron chi connectivity index (χ0n) is 16.6. The number of carboxylic acid groups (broad SMARTS) is 1. The van der Waals surface area contributed by atoms with Gasteiger partial charge in [-0.15, -0.1) is 6.58 Å². The van der Waals surface area contributed by atoms with E-state index in [1.165, 1.54) is 12.1 Å². The molecule has 160 valence electrons. The van der Waals surface area contributed by atoms with E-state index >= 15 is 0 Å². The van der Waals surface area contributed by atoms with Crippen LogP contribution in [0.2, 0.25) is 0 Å². The SMILES string of the molecule is C=C[C@@H](CC(=O)O)c1ccc(OCc2cccc(-c3ccc(C(F)(F)F)cc3)c2)cc1. The van der Waals surface area contributed by atoms with Gasteiger partial charge >= 0.3 is 12.1 Å². The maximum atomic E-state index is 12.7. The van der Waals surface area contributed by atoms with Crippen LogP contribution in [0.1, 0.15) is 29.0 Å². The van der Waals surface area contributed by atoms with Crippen molar-refractivity contribution in [1.82, 2.24) is 0 Å². The molecular weight excluding hydrogens is 405 g/mol. The second-order valence-corrected chi connectivity index (χ2v) is 7.07. The van der Waals surface area contributed by atoms with Gasteiger partial charge in [-0.1, -0.05) is 48.5 Å². The quantitative estimate of drug-likeness (QED) is 0.408. The number of rotatable bonds is 8. The first kappa shape index (κ1) is 22.2. The molecule has 0 saturated carbocycles. The Balaban J connectivity index is 1.66. The van der Waals surface area contributed by atoms with Crippen LogP contribution in [-0.2, 0) is 17.6 Å². The lowest BCUT2D eigenvalue weighted by atomic mass is 9.96. The molecule has 0 fully saturated rings. The van der Waals surface area contributed by atoms with E-state index < -0.39 is 17.7 Å². The van der Waals surface area contributed by atoms with Crippen LogP contribution in [0.15, 0.2) is 85.5 Å². The number of hydrogen-bond donors (Lipinski definition) is 1. The minimum atomic E-state index is -4.36. The molecule has 0 spiro atoms. The first-order chi connectivity index (χ1) is 14.8. The molecule has 0 radical (unpaired) electrons. The van der Waals surface area contributed by atoms with E-state index in [0.717, 1.165) is 28.8 Å². The van der Waals surface area contributed by atoms with Gasteiger partial charge in [-0.05, 0) is 52.6 Å². The molecule has 0 aliphatic rings. The zero-order valence-corrected chi connectivity index (χ0v) is 16.6. The first-order valence-corrected chi connectivity index (χ1v) is 9.60. The number of hydrogen-bond acceptors (Lipinski definition) is 2. The summed E-state index contributed by atoms with van der Waals surface area (Å²) in [6.45, 7) is 3.97. The van der Waals surface area contributed by atoms with E-state index in [1.807, 2.05) is 36.4 Å². The fourth-order valence-electron chi connectivity index (χ4n) is 3.20. The van der Waals surface area contributed by atoms with Gasteiger partial charge in [-0.2, -0.15) is 13.2 Å². The van der Waals surface area contributed by atoms with E-state index in [2.05, 4.69) is 6.58 Å². The van der Waals surface area contributed by atoms with Crippen LogP contribution in [0.4, 0.5) is 13.2 Å². The van der Waals surface area contributed by atoms with E-state index in [9.17, 15) is 18.0 Å². The maximum Gasteiger partial charge on any atom is 0.416 e. The van der Waals surface area contributed by atoms with Crippen molar-refractivity contribution in [3.63, 3.8) is 0 Å². The third-order valence-corrected chi connectivity index (χ3v) is 4.87. The molecule has 0 saturated heterocycles. The number of halogens is 3. The second kappa shape index (κ2) is 9.51. The van der Waals surface area contributed by atoms with Crippen LogP contribution in [0, 0.1) is 0 Å². The highest BCUT2D eigenvalue weighted by Gasteiger charge is 2.29. The third kappa shape index (κ3) is 5.98. The summed E-state index contributed by atoms with van der Waals surface area (Å²) in [5, 5.41) is 8.97. The molecule has 1 atom stereocenters. The van der Waals surface area contributed by atoms with Gasteiger partial charge in [-0.25, -0.2) is 0 Å². The smallest absolute Gasteiger partial charge is 0.416 e. The Morgan fingerprint density at radius 1 is 1.00 bits per heavy atom. The molecule has 0 aliphatic carbocycles. The van der Waals surface area contributed by atoms with Gasteiger partial charge in [-0.3, -0.25) is 4.79 Å². The monoisotopic (exact) mass is 426 g/mol. The Kier molecular flexibility index (Phi) is 6.80. The number of benzene rings is 3. The Morgan fingerprint density at radius 3 is 2.26 bits per heavy atom. The summed E-state index contributed by atoms with van der Waals surface area (Å²) in [7, 11) is 0. The minimum absolute atomic E-state index is 0.0273. The summed E-state index contributed by atoms with van der Waals surface area (Å²) >= 11 is 0. The highest BCUT2D eigenvalue weighted by molar-refractivity contribution is 5.68. The minimum Gasteiger partial charge on any atom is -0.489 e. The molecule has 6 heteroatoms. The Bertz CT molecular complexity index is 1040. The molecule has 3 rings (SSSR count). The van der Waals surface area contributed by atoms with Gasteiger partial charge < -0.3 is 9.84 Å². The van der Waals surface area contributed by atoms with E-state index in [0.29, 0.717) is 11.3 Å². The standard InChI is InChI=1S/C25H21F3O3/c1-2-18(15-24(29)30)19-8-12-23(13-9-19)31-16-17-4-3-5-21(14-17)20-6-10-22(11-7-20)25(26,27)28/h2-14,18H,1,15-16H2,(H,29,30)/t18-/m0/s1. The van der Waals surface area contributed by atoms with Crippen LogP contribution in [0.25, 0.3) is 11.1 Å². The third-order valence-electron chi connectivity index (χ3n) is 4.87. The van der Waals surface area contributed by atoms with Gasteiger partial charge in [0.1, 0.15) is 12.4 Å². The molecule has 0 amide bonds. The van der Waals surface area contributed by atoms with Crippen LogP contribution < -0.4 is 4.74 Å². The van der Waals surface area contributed by atoms with Crippen LogP contribution >= 0.6 is 0 Å². The fourth-order valence-corrected chi connectivity index (χ4v) is 3.20. The lowest BCUT2D eigenvalue weighted by Gasteiger charge is -2.12. The van der Waals surface area contributed by atoms with Crippen LogP contribution in [-0.4, -0.2) is 11.1 Å². The molecule has 0 unspecified atom stereocenters. The number of carbonyl (C=O) groups is 1. The summed E-state index contributed by atoms with van der Waals surface area (Å²) in [4.78, 5) is 10.9. The van der Waals surface area contributed by atoms with Crippen molar-refractivity contribution in [2.75, 3.05) is 0 Å². The highest BCUT2D eigenvalue weighted by atomic mass is 19.4. The summed E-state index contributed by atoms with van der Waals surface area (Å²) in [6, 6.07) is 19.6. The number of aliphatic carboxylic acids is 1. The number of alkyl halides is 3. The highest BCUT2D eigenvalue weighted by Crippen LogP contribution is 2.31. The maximum absolute atomic E-state index is 12.7. The predicted octanol–water partition coefficient (Wildman–Crippen LogP) is 6.70. The van der Waals surface area contributed by atoms with Gasteiger partial charge in [0, 0.05) is 5.92 Å². The normalized spacial score (nSPS) is 12.2. The van der Waals surface area contributed by atoms with Crippen molar-refractivity contribution in [1.29, 1.82) is 0 Å². The largest absolute Gasteiger partial charge is 0.489 e. The lowest BCUT2D eigenvalue weighted by Crippen LogP contribution is -2.04. The average molecular weight is 426 g/mol. The van der Waals surface area contributed by atoms with Crippen molar-refractivity contribution in [3.05, 3.63) is 102 Å². The molecule has 0 aromatic heterocycles. The van der Waals surface area contributed by atoms with Crippen LogP contribution in [0.5, 0.6) is 5.75 Å². The van der Waals surface area contributed by atoms with Crippen molar-refractivity contribution in [3.8, 4) is 16.9 Å². The first-order valence-electron chi connectivity index (χ1n) is 9.60. The molecular formula is C25H21F3O3. The fraction of sp³-hybridized carbons (Fsp3) is 0.160. The molecule has 0 heterocycles. The van der Waals surface area contributed by atoms with Crippen molar-refractivity contribution < 1.29 is 27.8 Å². The second-order valence-electron chi connectivity index (χ2n) is 7.07. The van der Waals surface area contributed by atoms with E-state index in [4.69, 9.17) is 9.84 Å². The van der Waals surface area contributed by atoms with Crippen molar-refractivity contribution in [2.24, 2.45) is 0 Å². The summed E-state index contributed by atoms with van der Waals surface area (Å²) in [5.41, 5.74) is 2.52. The van der Waals surface area contributed by atoms with Gasteiger partial charge in [0.25, 0.3) is 0 Å². The van der Waals surface area contributed by atoms with E-state index in [1.54, 1.807) is 18.2 Å². The predicted molar refractivity (Wildman–Crippen MR) is 113 cm³/mol. The summed E-state index contributed by atoms with van der Waals surface area (Å²) < 4.78 is 44.0. The number of ether oxygens (including phenoxy) is 1. The van der Waals surface area contributed by atoms with Crippen molar-refractivity contribution >= 4 is 5.97 Å². The zero-order chi connectivity index (χ0) is 22.4. The van der Waals surface area contributed by atoms with Crippen LogP contribution in [0.3, 0.4) is 0 Å². The Hall–Kier alpha value is -3.54. The van der Waals surface area contributed by atoms with Gasteiger partial charge in [0.2, 0.25) is 0 Å². The molecule has 3 aromatic rings. The Labute approximate surface area is 178 Å². The average Bonchev–Trinajstić information content (AvgIpc) is 2.76. The molecule has 0 aliphatic heterocycles. The molecule has 3 aromatic carbocycles. The number of allylic oxidation sites excluding steroid dienone is 1. The summed E-state index contributed by atoms with van der Waals surface area (Å²) in [5.74, 6) is -0.535. The lowest BCUT2D eigenvalue weighted by molar-refractivity contribution is -0.138. The topological polar surface area (TPSA) is 46.5 Å². The molecule has 31 heavy (non-hydrogen) atoms. The van der Waals surface area contributed by atoms with Gasteiger partial charge in [0.05, 0.1) is 12.0 Å². The van der Waals surface area contributed by atoms with E-state index in [-0.39, 0.29) is 18.9 Å². The number of carboxylic acids is 1. The van der Waals surface area contributed by atoms with Gasteiger partial charge in [0.15, 0.2) is 0 Å². The van der Waals surface area contributed by atoms with Crippen molar-refractivity contribution in [2.45, 2.75) is 25.1 Å². The molecule has 1 N–H and O–H groups in total.